The van der Waals surface area contributed by atoms with E-state index in [1.54, 1.807) is 18.3 Å². The van der Waals surface area contributed by atoms with Crippen LogP contribution in [-0.4, -0.2) is 43.2 Å². The quantitative estimate of drug-likeness (QED) is 0.852. The number of H-pyrrole nitrogens is 1. The first-order chi connectivity index (χ1) is 10.9. The van der Waals surface area contributed by atoms with Crippen molar-refractivity contribution in [3.05, 3.63) is 49.2 Å². The number of hydrogen-bond acceptors (Lipinski definition) is 6. The van der Waals surface area contributed by atoms with Crippen LogP contribution >= 0.6 is 11.3 Å². The van der Waals surface area contributed by atoms with Gasteiger partial charge in [0.2, 0.25) is 0 Å². The predicted molar refractivity (Wildman–Crippen MR) is 87.7 cm³/mol. The van der Waals surface area contributed by atoms with Gasteiger partial charge in [-0.2, -0.15) is 0 Å². The molecule has 0 spiro atoms. The first-order valence-electron chi connectivity index (χ1n) is 7.52. The van der Waals surface area contributed by atoms with Gasteiger partial charge in [-0.15, -0.1) is 11.3 Å². The van der Waals surface area contributed by atoms with Gasteiger partial charge in [0.05, 0.1) is 22.8 Å². The Balaban J connectivity index is 1.79. The number of β-amino-alcohol motifs (C(OH)–C–C–N with tert-alkyl or cyclic N) is 1. The van der Waals surface area contributed by atoms with Gasteiger partial charge in [-0.3, -0.25) is 19.2 Å². The van der Waals surface area contributed by atoms with Crippen molar-refractivity contribution in [2.75, 3.05) is 13.1 Å². The number of aryl methyl sites for hydroxylation is 1. The molecule has 0 aliphatic carbocycles. The molecule has 23 heavy (non-hydrogen) atoms. The van der Waals surface area contributed by atoms with E-state index < -0.39 is 16.9 Å². The monoisotopic (exact) mass is 336 g/mol. The van der Waals surface area contributed by atoms with E-state index in [-0.39, 0.29) is 6.04 Å². The van der Waals surface area contributed by atoms with Gasteiger partial charge in [-0.05, 0) is 20.3 Å². The number of nitrogens with one attached hydrogen (secondary N) is 1. The van der Waals surface area contributed by atoms with E-state index in [1.165, 1.54) is 21.7 Å². The average molecular weight is 336 g/mol. The Morgan fingerprint density at radius 2 is 2.30 bits per heavy atom. The summed E-state index contributed by atoms with van der Waals surface area (Å²) in [4.78, 5) is 33.1. The Hall–Kier alpha value is -1.77. The summed E-state index contributed by atoms with van der Waals surface area (Å²) in [5.41, 5.74) is 0.890. The molecule has 0 radical (unpaired) electrons. The molecule has 2 atom stereocenters. The standard InChI is InChI=1S/C15H20N4O3S/c1-10-11(23-9-16-10)7-18-5-3-12(15(2,22)8-18)19-6-4-13(20)17-14(19)21/h4,6,9,12,22H,3,5,7-8H2,1-2H3,(H,17,20,21)/t12-,15-/m1/s1. The van der Waals surface area contributed by atoms with E-state index in [0.29, 0.717) is 13.0 Å². The lowest BCUT2D eigenvalue weighted by molar-refractivity contribution is -0.0601. The number of aliphatic hydroxyl groups is 1. The zero-order valence-corrected chi connectivity index (χ0v) is 14.0. The third kappa shape index (κ3) is 3.29. The number of nitrogens with zero attached hydrogens (tertiary/aromatic N) is 3. The molecule has 7 nitrogen and oxygen atoms in total. The first kappa shape index (κ1) is 16.1. The molecule has 2 aromatic heterocycles. The average Bonchev–Trinajstić information content (AvgIpc) is 2.85. The number of piperidine rings is 1. The zero-order valence-electron chi connectivity index (χ0n) is 13.2. The number of rotatable bonds is 3. The molecular weight excluding hydrogens is 316 g/mol. The summed E-state index contributed by atoms with van der Waals surface area (Å²) in [6.45, 7) is 5.70. The second kappa shape index (κ2) is 6.03. The molecule has 2 aromatic rings. The van der Waals surface area contributed by atoms with Crippen LogP contribution < -0.4 is 11.2 Å². The summed E-state index contributed by atoms with van der Waals surface area (Å²) >= 11 is 1.62. The Labute approximate surface area is 137 Å². The van der Waals surface area contributed by atoms with E-state index in [9.17, 15) is 14.7 Å². The molecule has 0 bridgehead atoms. The Bertz CT molecular complexity index is 807. The highest BCUT2D eigenvalue weighted by molar-refractivity contribution is 7.09. The molecule has 0 saturated carbocycles. The lowest BCUT2D eigenvalue weighted by Crippen LogP contribution is -2.54. The molecule has 1 aliphatic rings. The van der Waals surface area contributed by atoms with Crippen LogP contribution in [0.25, 0.3) is 0 Å². The van der Waals surface area contributed by atoms with Gasteiger partial charge in [0.1, 0.15) is 0 Å². The number of thiazole rings is 1. The van der Waals surface area contributed by atoms with Gasteiger partial charge in [0.15, 0.2) is 0 Å². The van der Waals surface area contributed by atoms with E-state index in [1.807, 2.05) is 12.4 Å². The summed E-state index contributed by atoms with van der Waals surface area (Å²) < 4.78 is 1.43. The van der Waals surface area contributed by atoms with Crippen LogP contribution in [0.15, 0.2) is 27.4 Å². The number of aromatic amines is 1. The lowest BCUT2D eigenvalue weighted by Gasteiger charge is -2.43. The normalized spacial score (nSPS) is 25.6. The fraction of sp³-hybridized carbons (Fsp3) is 0.533. The van der Waals surface area contributed by atoms with Crippen LogP contribution in [0.2, 0.25) is 0 Å². The summed E-state index contributed by atoms with van der Waals surface area (Å²) in [6, 6.07) is 0.954. The minimum absolute atomic E-state index is 0.356. The minimum Gasteiger partial charge on any atom is -0.387 e. The van der Waals surface area contributed by atoms with E-state index in [0.717, 1.165) is 18.8 Å². The highest BCUT2D eigenvalue weighted by atomic mass is 32.1. The largest absolute Gasteiger partial charge is 0.387 e. The van der Waals surface area contributed by atoms with Crippen molar-refractivity contribution in [3.63, 3.8) is 0 Å². The molecule has 0 unspecified atom stereocenters. The van der Waals surface area contributed by atoms with Gasteiger partial charge < -0.3 is 5.11 Å². The lowest BCUT2D eigenvalue weighted by atomic mass is 9.88. The second-order valence-electron chi connectivity index (χ2n) is 6.25. The first-order valence-corrected chi connectivity index (χ1v) is 8.40. The maximum Gasteiger partial charge on any atom is 0.328 e. The van der Waals surface area contributed by atoms with Crippen LogP contribution in [0.1, 0.15) is 30.0 Å². The maximum atomic E-state index is 12.0. The summed E-state index contributed by atoms with van der Waals surface area (Å²) in [7, 11) is 0. The van der Waals surface area contributed by atoms with Crippen LogP contribution in [0, 0.1) is 6.92 Å². The molecule has 1 fully saturated rings. The summed E-state index contributed by atoms with van der Waals surface area (Å²) in [5, 5.41) is 10.8. The van der Waals surface area contributed by atoms with Crippen molar-refractivity contribution in [3.8, 4) is 0 Å². The Kier molecular flexibility index (Phi) is 4.22. The number of aromatic nitrogens is 3. The predicted octanol–water partition coefficient (Wildman–Crippen LogP) is 0.500. The van der Waals surface area contributed by atoms with Gasteiger partial charge in [-0.25, -0.2) is 9.78 Å². The SMILES string of the molecule is Cc1ncsc1CN1CC[C@@H](n2ccc(=O)[nH]c2=O)[C@](C)(O)C1. The fourth-order valence-corrected chi connectivity index (χ4v) is 4.00. The maximum absolute atomic E-state index is 12.0. The minimum atomic E-state index is -1.06. The molecule has 1 aliphatic heterocycles. The molecule has 0 amide bonds. The topological polar surface area (TPSA) is 91.2 Å². The van der Waals surface area contributed by atoms with Gasteiger partial charge in [-0.1, -0.05) is 0 Å². The number of hydrogen-bond donors (Lipinski definition) is 2. The van der Waals surface area contributed by atoms with Gasteiger partial charge in [0.25, 0.3) is 5.56 Å². The van der Waals surface area contributed by atoms with Crippen LogP contribution in [0.3, 0.4) is 0 Å². The highest BCUT2D eigenvalue weighted by Crippen LogP contribution is 2.31. The smallest absolute Gasteiger partial charge is 0.328 e. The summed E-state index contributed by atoms with van der Waals surface area (Å²) in [5.74, 6) is 0. The van der Waals surface area contributed by atoms with Crippen molar-refractivity contribution in [1.82, 2.24) is 19.4 Å². The van der Waals surface area contributed by atoms with E-state index >= 15 is 0 Å². The molecular formula is C15H20N4O3S. The van der Waals surface area contributed by atoms with Crippen molar-refractivity contribution >= 4 is 11.3 Å². The number of likely N-dealkylation sites (tertiary alicyclic amines) is 1. The molecule has 3 rings (SSSR count). The Morgan fingerprint density at radius 3 is 2.91 bits per heavy atom. The van der Waals surface area contributed by atoms with Crippen LogP contribution in [0.4, 0.5) is 0 Å². The van der Waals surface area contributed by atoms with Crippen LogP contribution in [-0.2, 0) is 6.54 Å². The van der Waals surface area contributed by atoms with E-state index in [2.05, 4.69) is 14.9 Å². The molecule has 124 valence electrons. The molecule has 2 N–H and O–H groups in total. The molecule has 8 heteroatoms. The van der Waals surface area contributed by atoms with Gasteiger partial charge in [0, 0.05) is 36.8 Å². The van der Waals surface area contributed by atoms with Crippen molar-refractivity contribution in [2.45, 2.75) is 38.5 Å². The van der Waals surface area contributed by atoms with Crippen molar-refractivity contribution < 1.29 is 5.11 Å². The zero-order chi connectivity index (χ0) is 16.6. The third-order valence-corrected chi connectivity index (χ3v) is 5.30. The van der Waals surface area contributed by atoms with E-state index in [4.69, 9.17) is 0 Å². The molecule has 3 heterocycles. The second-order valence-corrected chi connectivity index (χ2v) is 7.19. The highest BCUT2D eigenvalue weighted by Gasteiger charge is 2.39. The van der Waals surface area contributed by atoms with Gasteiger partial charge >= 0.3 is 5.69 Å². The molecule has 1 saturated heterocycles. The van der Waals surface area contributed by atoms with Crippen LogP contribution in [0.5, 0.6) is 0 Å². The summed E-state index contributed by atoms with van der Waals surface area (Å²) in [6.07, 6.45) is 2.10. The van der Waals surface area contributed by atoms with Crippen molar-refractivity contribution in [1.29, 1.82) is 0 Å². The Morgan fingerprint density at radius 1 is 1.52 bits per heavy atom. The molecule has 0 aromatic carbocycles. The van der Waals surface area contributed by atoms with Crippen molar-refractivity contribution in [2.24, 2.45) is 0 Å². The third-order valence-electron chi connectivity index (χ3n) is 4.38. The fourth-order valence-electron chi connectivity index (χ4n) is 3.18.